The second-order valence-electron chi connectivity index (χ2n) is 6.87. The van der Waals surface area contributed by atoms with Crippen LogP contribution >= 0.6 is 0 Å². The Morgan fingerprint density at radius 1 is 0.962 bits per heavy atom. The molecule has 142 valence electrons. The highest BCUT2D eigenvalue weighted by Crippen LogP contribution is 2.11. The van der Waals surface area contributed by atoms with Crippen molar-refractivity contribution in [3.05, 3.63) is 30.3 Å². The summed E-state index contributed by atoms with van der Waals surface area (Å²) in [5, 5.41) is 1.34. The zero-order chi connectivity index (χ0) is 19.4. The largest absolute Gasteiger partial charge is 0.465 e. The molecule has 1 rings (SSSR count). The van der Waals surface area contributed by atoms with Crippen LogP contribution in [0.2, 0.25) is 19.1 Å². The molecular weight excluding hydrogens is 344 g/mol. The molecule has 0 unspecified atom stereocenters. The first-order chi connectivity index (χ1) is 12.4. The van der Waals surface area contributed by atoms with Crippen LogP contribution in [0.25, 0.3) is 0 Å². The highest BCUT2D eigenvalue weighted by atomic mass is 28.3. The van der Waals surface area contributed by atoms with Crippen LogP contribution in [0.5, 0.6) is 0 Å². The van der Waals surface area contributed by atoms with Gasteiger partial charge in [-0.2, -0.15) is 0 Å². The van der Waals surface area contributed by atoms with Gasteiger partial charge in [0, 0.05) is 12.5 Å². The van der Waals surface area contributed by atoms with Gasteiger partial charge in [-0.1, -0.05) is 62.5 Å². The highest BCUT2D eigenvalue weighted by molar-refractivity contribution is 6.90. The molecule has 0 aliphatic heterocycles. The van der Waals surface area contributed by atoms with E-state index in [2.05, 4.69) is 37.1 Å². The SMILES string of the molecule is CCCOC(=O)C(CC#CC[Si](C)(C)c1ccccc1)C(=O)OCCC. The molecule has 0 fully saturated rings. The Morgan fingerprint density at radius 3 is 2.00 bits per heavy atom. The summed E-state index contributed by atoms with van der Waals surface area (Å²) in [6.07, 6.45) is 1.57. The van der Waals surface area contributed by atoms with E-state index in [1.165, 1.54) is 5.19 Å². The van der Waals surface area contributed by atoms with Gasteiger partial charge in [-0.15, -0.1) is 11.8 Å². The fraction of sp³-hybridized carbons (Fsp3) is 0.524. The van der Waals surface area contributed by atoms with Gasteiger partial charge >= 0.3 is 11.9 Å². The van der Waals surface area contributed by atoms with E-state index < -0.39 is 25.9 Å². The average Bonchev–Trinajstić information content (AvgIpc) is 2.64. The van der Waals surface area contributed by atoms with Gasteiger partial charge in [0.05, 0.1) is 21.3 Å². The number of ether oxygens (including phenoxy) is 2. The Morgan fingerprint density at radius 2 is 1.50 bits per heavy atom. The molecule has 0 aliphatic rings. The van der Waals surface area contributed by atoms with Crippen LogP contribution in [0.4, 0.5) is 0 Å². The molecule has 0 bridgehead atoms. The van der Waals surface area contributed by atoms with Gasteiger partial charge in [0.1, 0.15) is 0 Å². The Labute approximate surface area is 158 Å². The van der Waals surface area contributed by atoms with Crippen LogP contribution in [0.15, 0.2) is 30.3 Å². The number of carbonyl (C=O) groups excluding carboxylic acids is 2. The molecule has 0 N–H and O–H groups in total. The first-order valence-corrected chi connectivity index (χ1v) is 12.5. The lowest BCUT2D eigenvalue weighted by atomic mass is 10.1. The number of esters is 2. The third-order valence-corrected chi connectivity index (χ3v) is 6.94. The van der Waals surface area contributed by atoms with Crippen molar-refractivity contribution in [2.45, 2.75) is 52.2 Å². The van der Waals surface area contributed by atoms with Crippen LogP contribution in [0, 0.1) is 17.8 Å². The van der Waals surface area contributed by atoms with Gasteiger partial charge in [0.15, 0.2) is 5.92 Å². The molecule has 0 atom stereocenters. The lowest BCUT2D eigenvalue weighted by Crippen LogP contribution is -2.40. The van der Waals surface area contributed by atoms with Crippen molar-refractivity contribution in [2.24, 2.45) is 5.92 Å². The average molecular weight is 375 g/mol. The Hall–Kier alpha value is -2.06. The van der Waals surface area contributed by atoms with Crippen molar-refractivity contribution in [1.82, 2.24) is 0 Å². The summed E-state index contributed by atoms with van der Waals surface area (Å²) in [6.45, 7) is 8.95. The summed E-state index contributed by atoms with van der Waals surface area (Å²) >= 11 is 0. The molecule has 0 amide bonds. The van der Waals surface area contributed by atoms with Crippen molar-refractivity contribution in [3.8, 4) is 11.8 Å². The van der Waals surface area contributed by atoms with E-state index in [0.29, 0.717) is 26.1 Å². The minimum absolute atomic E-state index is 0.143. The predicted octanol–water partition coefficient (Wildman–Crippen LogP) is 3.52. The van der Waals surface area contributed by atoms with Gasteiger partial charge in [-0.3, -0.25) is 9.59 Å². The van der Waals surface area contributed by atoms with Crippen molar-refractivity contribution in [3.63, 3.8) is 0 Å². The lowest BCUT2D eigenvalue weighted by molar-refractivity contribution is -0.161. The smallest absolute Gasteiger partial charge is 0.321 e. The zero-order valence-corrected chi connectivity index (χ0v) is 17.3. The molecule has 0 radical (unpaired) electrons. The maximum Gasteiger partial charge on any atom is 0.321 e. The second kappa shape index (κ2) is 11.5. The van der Waals surface area contributed by atoms with Crippen LogP contribution in [0.3, 0.4) is 0 Å². The summed E-state index contributed by atoms with van der Waals surface area (Å²) in [5.41, 5.74) is 0. The molecule has 1 aromatic carbocycles. The predicted molar refractivity (Wildman–Crippen MR) is 107 cm³/mol. The summed E-state index contributed by atoms with van der Waals surface area (Å²) in [5.74, 6) is 4.15. The summed E-state index contributed by atoms with van der Waals surface area (Å²) < 4.78 is 10.2. The molecule has 1 aromatic rings. The normalized spacial score (nSPS) is 10.8. The van der Waals surface area contributed by atoms with Crippen molar-refractivity contribution < 1.29 is 19.1 Å². The van der Waals surface area contributed by atoms with E-state index in [1.54, 1.807) is 0 Å². The highest BCUT2D eigenvalue weighted by Gasteiger charge is 2.29. The number of carbonyl (C=O) groups is 2. The van der Waals surface area contributed by atoms with Crippen LogP contribution < -0.4 is 5.19 Å². The zero-order valence-electron chi connectivity index (χ0n) is 16.3. The van der Waals surface area contributed by atoms with E-state index >= 15 is 0 Å². The standard InChI is InChI=1S/C21H30O4Si/c1-5-15-24-20(22)19(21(23)25-16-6-2)14-10-11-17-26(3,4)18-12-8-7-9-13-18/h7-9,12-13,19H,5-6,14-17H2,1-4H3. The van der Waals surface area contributed by atoms with E-state index in [-0.39, 0.29) is 6.42 Å². The van der Waals surface area contributed by atoms with Crippen molar-refractivity contribution in [1.29, 1.82) is 0 Å². The molecule has 26 heavy (non-hydrogen) atoms. The van der Waals surface area contributed by atoms with Gasteiger partial charge in [-0.05, 0) is 12.8 Å². The summed E-state index contributed by atoms with van der Waals surface area (Å²) in [7, 11) is -1.65. The lowest BCUT2D eigenvalue weighted by Gasteiger charge is -2.19. The molecule has 0 saturated carbocycles. The topological polar surface area (TPSA) is 52.6 Å². The van der Waals surface area contributed by atoms with E-state index in [1.807, 2.05) is 32.0 Å². The maximum atomic E-state index is 12.1. The monoisotopic (exact) mass is 374 g/mol. The van der Waals surface area contributed by atoms with E-state index in [0.717, 1.165) is 6.04 Å². The number of hydrogen-bond acceptors (Lipinski definition) is 4. The fourth-order valence-electron chi connectivity index (χ4n) is 2.32. The molecule has 0 saturated heterocycles. The quantitative estimate of drug-likeness (QED) is 0.287. The number of rotatable bonds is 9. The fourth-order valence-corrected chi connectivity index (χ4v) is 4.18. The maximum absolute atomic E-state index is 12.1. The molecular formula is C21H30O4Si. The second-order valence-corrected chi connectivity index (χ2v) is 11.6. The Kier molecular flexibility index (Phi) is 9.75. The Balaban J connectivity index is 2.72. The van der Waals surface area contributed by atoms with Gasteiger partial charge in [0.2, 0.25) is 0 Å². The van der Waals surface area contributed by atoms with Gasteiger partial charge < -0.3 is 9.47 Å². The summed E-state index contributed by atoms with van der Waals surface area (Å²) in [4.78, 5) is 24.3. The van der Waals surface area contributed by atoms with E-state index in [4.69, 9.17) is 9.47 Å². The molecule has 5 heteroatoms. The molecule has 0 aliphatic carbocycles. The molecule has 0 spiro atoms. The first-order valence-electron chi connectivity index (χ1n) is 9.27. The third kappa shape index (κ3) is 7.45. The minimum atomic E-state index is -1.65. The van der Waals surface area contributed by atoms with Gasteiger partial charge in [0.25, 0.3) is 0 Å². The van der Waals surface area contributed by atoms with Gasteiger partial charge in [-0.25, -0.2) is 0 Å². The van der Waals surface area contributed by atoms with Crippen molar-refractivity contribution >= 4 is 25.2 Å². The van der Waals surface area contributed by atoms with Crippen LogP contribution in [-0.4, -0.2) is 33.2 Å². The van der Waals surface area contributed by atoms with Crippen LogP contribution in [-0.2, 0) is 19.1 Å². The number of benzene rings is 1. The van der Waals surface area contributed by atoms with Crippen molar-refractivity contribution in [2.75, 3.05) is 13.2 Å². The molecule has 0 aromatic heterocycles. The third-order valence-electron chi connectivity index (χ3n) is 3.98. The van der Waals surface area contributed by atoms with E-state index in [9.17, 15) is 9.59 Å². The molecule has 4 nitrogen and oxygen atoms in total. The minimum Gasteiger partial charge on any atom is -0.465 e. The molecule has 0 heterocycles. The Bertz CT molecular complexity index is 608. The van der Waals surface area contributed by atoms with Crippen LogP contribution in [0.1, 0.15) is 33.1 Å². The number of hydrogen-bond donors (Lipinski definition) is 0. The summed E-state index contributed by atoms with van der Waals surface area (Å²) in [6, 6.07) is 11.1. The first kappa shape index (κ1) is 22.0.